The van der Waals surface area contributed by atoms with E-state index in [1.54, 1.807) is 15.7 Å². The van der Waals surface area contributed by atoms with Crippen molar-refractivity contribution in [1.82, 2.24) is 19.4 Å². The quantitative estimate of drug-likeness (QED) is 0.140. The van der Waals surface area contributed by atoms with Gasteiger partial charge in [-0.1, -0.05) is 12.1 Å². The molecule has 3 aliphatic rings. The molecule has 0 saturated carbocycles. The fraction of sp³-hybridized carbons (Fsp3) is 0.476. The molecule has 0 bridgehead atoms. The van der Waals surface area contributed by atoms with E-state index in [1.165, 1.54) is 6.21 Å². The van der Waals surface area contributed by atoms with Crippen LogP contribution in [0.4, 0.5) is 10.5 Å². The highest BCUT2D eigenvalue weighted by Gasteiger charge is 2.36. The van der Waals surface area contributed by atoms with Crippen LogP contribution in [-0.4, -0.2) is 95.1 Å². The monoisotopic (exact) mass is 736 g/mol. The number of fused-ring (bicyclic) bond motifs is 1. The Hall–Kier alpha value is -5.10. The van der Waals surface area contributed by atoms with Gasteiger partial charge in [0, 0.05) is 72.6 Å². The van der Waals surface area contributed by atoms with Crippen LogP contribution in [0.1, 0.15) is 110 Å². The summed E-state index contributed by atoms with van der Waals surface area (Å²) in [5.41, 5.74) is 4.90. The summed E-state index contributed by atoms with van der Waals surface area (Å²) in [6.07, 6.45) is 13.3. The zero-order valence-electron chi connectivity index (χ0n) is 31.8. The van der Waals surface area contributed by atoms with Gasteiger partial charge in [0.25, 0.3) is 5.91 Å². The van der Waals surface area contributed by atoms with Crippen molar-refractivity contribution >= 4 is 48.6 Å². The van der Waals surface area contributed by atoms with Gasteiger partial charge in [0.1, 0.15) is 18.2 Å². The van der Waals surface area contributed by atoms with Gasteiger partial charge in [0.15, 0.2) is 0 Å². The predicted molar refractivity (Wildman–Crippen MR) is 208 cm³/mol. The molecule has 0 aliphatic carbocycles. The van der Waals surface area contributed by atoms with E-state index in [9.17, 15) is 19.2 Å². The van der Waals surface area contributed by atoms with Gasteiger partial charge in [-0.15, -0.1) is 0 Å². The van der Waals surface area contributed by atoms with E-state index in [4.69, 9.17) is 14.9 Å². The summed E-state index contributed by atoms with van der Waals surface area (Å²) in [5, 5.41) is 8.11. The molecule has 1 aromatic carbocycles. The Morgan fingerprint density at radius 3 is 2.52 bits per heavy atom. The maximum absolute atomic E-state index is 13.5. The second-order valence-electron chi connectivity index (χ2n) is 15.5. The van der Waals surface area contributed by atoms with Gasteiger partial charge in [0.05, 0.1) is 24.4 Å². The van der Waals surface area contributed by atoms with E-state index in [2.05, 4.69) is 27.9 Å². The van der Waals surface area contributed by atoms with Gasteiger partial charge in [-0.3, -0.25) is 9.69 Å². The number of hydrogen-bond donors (Lipinski definition) is 1. The maximum atomic E-state index is 13.5. The van der Waals surface area contributed by atoms with Gasteiger partial charge in [-0.25, -0.2) is 14.3 Å². The Kier molecular flexibility index (Phi) is 12.1. The van der Waals surface area contributed by atoms with Crippen molar-refractivity contribution in [3.63, 3.8) is 0 Å². The van der Waals surface area contributed by atoms with Crippen LogP contribution in [0.5, 0.6) is 5.88 Å². The molecular formula is C42H52N6O6. The van der Waals surface area contributed by atoms with Crippen LogP contribution in [0.15, 0.2) is 42.6 Å². The van der Waals surface area contributed by atoms with Crippen LogP contribution in [0, 0.1) is 11.3 Å². The molecule has 1 N–H and O–H groups in total. The summed E-state index contributed by atoms with van der Waals surface area (Å²) in [6.45, 7) is 9.17. The largest absolute Gasteiger partial charge is 0.478 e. The van der Waals surface area contributed by atoms with Crippen LogP contribution in [0.3, 0.4) is 0 Å². The minimum absolute atomic E-state index is 0.0661. The fourth-order valence-electron chi connectivity index (χ4n) is 7.87. The molecule has 286 valence electrons. The average molecular weight is 737 g/mol. The molecule has 0 spiro atoms. The number of anilines is 1. The second kappa shape index (κ2) is 16.9. The standard InChI is InChI=1S/C42H52N6O6/c1-42(2,3)54-41(52)48-35(31(25-43)24-38(48)37-11-6-19-45(37)4)14-12-30-13-15-39(44-26-30)53-23-18-29-16-20-46(21-17-29)36-10-5-9-33-34(36)27-47(40(33)51)32(28-50)8-7-22-49/h5,9-10,12-15,22,24-26,28-29,32,37,43H,6-8,11,16-21,23,27H2,1-4H3/b14-12+,43-25?. The number of aromatic nitrogens is 2. The molecule has 54 heavy (non-hydrogen) atoms. The first-order chi connectivity index (χ1) is 26.0. The Balaban J connectivity index is 1.03. The van der Waals surface area contributed by atoms with Crippen LogP contribution in [0.25, 0.3) is 12.2 Å². The van der Waals surface area contributed by atoms with E-state index < -0.39 is 17.7 Å². The Morgan fingerprint density at radius 1 is 1.07 bits per heavy atom. The minimum Gasteiger partial charge on any atom is -0.478 e. The van der Waals surface area contributed by atoms with Crippen LogP contribution in [0.2, 0.25) is 0 Å². The highest BCUT2D eigenvalue weighted by molar-refractivity contribution is 6.01. The van der Waals surface area contributed by atoms with Gasteiger partial charge in [-0.2, -0.15) is 0 Å². The number of rotatable bonds is 14. The van der Waals surface area contributed by atoms with Crippen LogP contribution >= 0.6 is 0 Å². The van der Waals surface area contributed by atoms with Crippen molar-refractivity contribution in [1.29, 1.82) is 5.41 Å². The predicted octanol–water partition coefficient (Wildman–Crippen LogP) is 6.79. The molecule has 3 aliphatic heterocycles. The van der Waals surface area contributed by atoms with E-state index in [1.807, 2.05) is 63.3 Å². The molecule has 2 saturated heterocycles. The molecule has 3 aromatic rings. The number of nitrogens with one attached hydrogen (secondary N) is 1. The third-order valence-electron chi connectivity index (χ3n) is 10.7. The third kappa shape index (κ3) is 8.65. The van der Waals surface area contributed by atoms with E-state index in [0.29, 0.717) is 48.2 Å². The molecule has 12 nitrogen and oxygen atoms in total. The summed E-state index contributed by atoms with van der Waals surface area (Å²) < 4.78 is 13.5. The topological polar surface area (TPSA) is 138 Å². The molecule has 6 rings (SSSR count). The number of pyridine rings is 1. The first kappa shape index (κ1) is 38.6. The lowest BCUT2D eigenvalue weighted by Gasteiger charge is -2.34. The molecule has 2 unspecified atom stereocenters. The first-order valence-electron chi connectivity index (χ1n) is 19.0. The lowest BCUT2D eigenvalue weighted by molar-refractivity contribution is -0.112. The van der Waals surface area contributed by atoms with Crippen LogP contribution in [-0.2, 0) is 20.9 Å². The molecule has 1 amide bonds. The number of aldehydes is 2. The van der Waals surface area contributed by atoms with Crippen molar-refractivity contribution in [3.8, 4) is 5.88 Å². The van der Waals surface area contributed by atoms with Crippen LogP contribution < -0.4 is 9.64 Å². The van der Waals surface area contributed by atoms with Crippen molar-refractivity contribution in [2.75, 3.05) is 38.2 Å². The SMILES string of the molecule is CN1CCCC1c1cc(C=N)c(/C=C/c2ccc(OCCC3CCN(c4cccc5c4CN(C(C=O)CCC=O)C5=O)CC3)nc2)n1C(=O)OC(C)(C)C. The summed E-state index contributed by atoms with van der Waals surface area (Å²) in [5.74, 6) is 0.898. The molecular weight excluding hydrogens is 684 g/mol. The minimum atomic E-state index is -0.666. The normalized spacial score (nSPS) is 18.6. The Labute approximate surface area is 317 Å². The molecule has 12 heteroatoms. The van der Waals surface area contributed by atoms with Crippen molar-refractivity contribution in [3.05, 3.63) is 76.2 Å². The fourth-order valence-corrected chi connectivity index (χ4v) is 7.87. The maximum Gasteiger partial charge on any atom is 0.419 e. The van der Waals surface area contributed by atoms with E-state index in [0.717, 1.165) is 86.8 Å². The number of likely N-dealkylation sites (tertiary alicyclic amines) is 1. The number of piperidine rings is 1. The lowest BCUT2D eigenvalue weighted by atomic mass is 9.93. The van der Waals surface area contributed by atoms with Crippen molar-refractivity contribution < 1.29 is 28.7 Å². The Morgan fingerprint density at radius 2 is 1.87 bits per heavy atom. The van der Waals surface area contributed by atoms with Crippen molar-refractivity contribution in [2.24, 2.45) is 5.92 Å². The number of carbonyl (C=O) groups excluding carboxylic acids is 4. The average Bonchev–Trinajstić information content (AvgIpc) is 3.85. The first-order valence-corrected chi connectivity index (χ1v) is 19.0. The van der Waals surface area contributed by atoms with Gasteiger partial charge >= 0.3 is 6.09 Å². The molecule has 0 radical (unpaired) electrons. The highest BCUT2D eigenvalue weighted by atomic mass is 16.6. The van der Waals surface area contributed by atoms with Gasteiger partial charge < -0.3 is 34.3 Å². The van der Waals surface area contributed by atoms with Gasteiger partial charge in [-0.05, 0) is 115 Å². The number of nitrogens with zero attached hydrogens (tertiary/aromatic N) is 5. The summed E-state index contributed by atoms with van der Waals surface area (Å²) in [6, 6.07) is 11.0. The molecule has 2 atom stereocenters. The van der Waals surface area contributed by atoms with E-state index >= 15 is 0 Å². The number of benzene rings is 1. The third-order valence-corrected chi connectivity index (χ3v) is 10.7. The van der Waals surface area contributed by atoms with Gasteiger partial charge in [0.2, 0.25) is 5.88 Å². The zero-order valence-corrected chi connectivity index (χ0v) is 31.8. The zero-order chi connectivity index (χ0) is 38.4. The summed E-state index contributed by atoms with van der Waals surface area (Å²) in [7, 11) is 2.06. The smallest absolute Gasteiger partial charge is 0.419 e. The number of carbonyl (C=O) groups is 4. The Bertz CT molecular complexity index is 1870. The second-order valence-corrected chi connectivity index (χ2v) is 15.5. The number of hydrogen-bond acceptors (Lipinski definition) is 10. The summed E-state index contributed by atoms with van der Waals surface area (Å²) >= 11 is 0. The number of ether oxygens (including phenoxy) is 2. The summed E-state index contributed by atoms with van der Waals surface area (Å²) in [4.78, 5) is 60.0. The molecule has 5 heterocycles. The van der Waals surface area contributed by atoms with Crippen molar-refractivity contribution in [2.45, 2.75) is 89.9 Å². The molecule has 2 aromatic heterocycles. The number of amides is 1. The highest BCUT2D eigenvalue weighted by Crippen LogP contribution is 2.36. The van der Waals surface area contributed by atoms with E-state index in [-0.39, 0.29) is 18.4 Å². The molecule has 2 fully saturated rings. The lowest BCUT2D eigenvalue weighted by Crippen LogP contribution is -2.37.